The number of benzene rings is 1. The summed E-state index contributed by atoms with van der Waals surface area (Å²) in [6, 6.07) is 9.74. The van der Waals surface area contributed by atoms with Gasteiger partial charge in [0.2, 0.25) is 5.91 Å². The van der Waals surface area contributed by atoms with Crippen LogP contribution in [0.25, 0.3) is 0 Å². The Kier molecular flexibility index (Phi) is 5.52. The molecule has 0 spiro atoms. The summed E-state index contributed by atoms with van der Waals surface area (Å²) in [4.78, 5) is 25.1. The summed E-state index contributed by atoms with van der Waals surface area (Å²) in [5, 5.41) is 20.1. The highest BCUT2D eigenvalue weighted by Gasteiger charge is 2.25. The van der Waals surface area contributed by atoms with E-state index in [0.717, 1.165) is 24.0 Å². The molecular weight excluding hydrogens is 346 g/mol. The Morgan fingerprint density at radius 2 is 2.19 bits per heavy atom. The molecule has 140 valence electrons. The summed E-state index contributed by atoms with van der Waals surface area (Å²) in [6.45, 7) is 1.39. The molecule has 1 amide bonds. The number of carbonyl (C=O) groups is 1. The number of amides is 1. The number of carbonyl (C=O) groups excluding carboxylic acids is 1. The van der Waals surface area contributed by atoms with Gasteiger partial charge < -0.3 is 15.2 Å². The van der Waals surface area contributed by atoms with Crippen LogP contribution in [0.2, 0.25) is 0 Å². The monoisotopic (exact) mass is 367 g/mol. The topological polar surface area (TPSA) is 118 Å². The minimum Gasteiger partial charge on any atom is -0.339 e. The van der Waals surface area contributed by atoms with Crippen molar-refractivity contribution in [3.8, 4) is 6.07 Å². The Balaban J connectivity index is 1.68. The first-order valence-electron chi connectivity index (χ1n) is 8.85. The Hall–Kier alpha value is -3.18. The van der Waals surface area contributed by atoms with Gasteiger partial charge in [0.05, 0.1) is 11.0 Å². The highest BCUT2D eigenvalue weighted by Crippen LogP contribution is 2.24. The van der Waals surface area contributed by atoms with E-state index in [1.54, 1.807) is 39.9 Å². The van der Waals surface area contributed by atoms with Crippen molar-refractivity contribution >= 4 is 11.6 Å². The van der Waals surface area contributed by atoms with E-state index in [4.69, 9.17) is 11.0 Å². The van der Waals surface area contributed by atoms with Gasteiger partial charge in [-0.3, -0.25) is 14.9 Å². The van der Waals surface area contributed by atoms with Crippen LogP contribution in [-0.2, 0) is 24.3 Å². The molecule has 0 fully saturated rings. The van der Waals surface area contributed by atoms with Gasteiger partial charge in [0.15, 0.2) is 0 Å². The molecule has 27 heavy (non-hydrogen) atoms. The van der Waals surface area contributed by atoms with Crippen molar-refractivity contribution in [1.29, 1.82) is 5.26 Å². The summed E-state index contributed by atoms with van der Waals surface area (Å²) in [6.07, 6.45) is 3.78. The van der Waals surface area contributed by atoms with Crippen LogP contribution < -0.4 is 5.73 Å². The van der Waals surface area contributed by atoms with E-state index >= 15 is 0 Å². The Morgan fingerprint density at radius 3 is 2.93 bits per heavy atom. The molecule has 2 N–H and O–H groups in total. The van der Waals surface area contributed by atoms with E-state index in [-0.39, 0.29) is 11.6 Å². The van der Waals surface area contributed by atoms with Crippen LogP contribution in [-0.4, -0.2) is 32.9 Å². The van der Waals surface area contributed by atoms with E-state index in [9.17, 15) is 14.9 Å². The number of nitro groups is 1. The summed E-state index contributed by atoms with van der Waals surface area (Å²) in [5.74, 6) is -0.167. The van der Waals surface area contributed by atoms with Crippen LogP contribution in [0.5, 0.6) is 0 Å². The maximum Gasteiger partial charge on any atom is 0.269 e. The second kappa shape index (κ2) is 8.01. The molecule has 3 rings (SSSR count). The van der Waals surface area contributed by atoms with Gasteiger partial charge in [-0.25, -0.2) is 0 Å². The number of nitrogens with zero attached hydrogens (tertiary/aromatic N) is 4. The SMILES string of the molecule is N#Cc1cccn1CCC(N)C(=O)N1CCCc2ccc([N+](=O)[O-])cc2C1. The first-order valence-corrected chi connectivity index (χ1v) is 8.85. The van der Waals surface area contributed by atoms with Crippen molar-refractivity contribution in [1.82, 2.24) is 9.47 Å². The molecule has 8 nitrogen and oxygen atoms in total. The number of aromatic nitrogens is 1. The summed E-state index contributed by atoms with van der Waals surface area (Å²) < 4.78 is 1.77. The molecule has 1 unspecified atom stereocenters. The molecule has 0 aliphatic carbocycles. The highest BCUT2D eigenvalue weighted by molar-refractivity contribution is 5.81. The van der Waals surface area contributed by atoms with E-state index in [2.05, 4.69) is 6.07 Å². The normalized spacial score (nSPS) is 14.7. The second-order valence-corrected chi connectivity index (χ2v) is 6.67. The van der Waals surface area contributed by atoms with Crippen molar-refractivity contribution in [3.05, 3.63) is 63.5 Å². The predicted molar refractivity (Wildman–Crippen MR) is 98.6 cm³/mol. The van der Waals surface area contributed by atoms with Crippen molar-refractivity contribution in [2.75, 3.05) is 6.54 Å². The van der Waals surface area contributed by atoms with Crippen LogP contribution in [0.4, 0.5) is 5.69 Å². The number of hydrogen-bond donors (Lipinski definition) is 1. The molecule has 0 saturated heterocycles. The minimum atomic E-state index is -0.681. The fraction of sp³-hybridized carbons (Fsp3) is 0.368. The largest absolute Gasteiger partial charge is 0.339 e. The third-order valence-electron chi connectivity index (χ3n) is 4.89. The fourth-order valence-electron chi connectivity index (χ4n) is 3.40. The van der Waals surface area contributed by atoms with Crippen LogP contribution in [0, 0.1) is 21.4 Å². The van der Waals surface area contributed by atoms with Gasteiger partial charge in [0.25, 0.3) is 5.69 Å². The lowest BCUT2D eigenvalue weighted by Crippen LogP contribution is -2.44. The number of fused-ring (bicyclic) bond motifs is 1. The lowest BCUT2D eigenvalue weighted by atomic mass is 10.0. The number of nitrogens with two attached hydrogens (primary N) is 1. The summed E-state index contributed by atoms with van der Waals surface area (Å²) in [7, 11) is 0. The predicted octanol–water partition coefficient (Wildman–Crippen LogP) is 1.96. The van der Waals surface area contributed by atoms with Crippen molar-refractivity contribution < 1.29 is 9.72 Å². The lowest BCUT2D eigenvalue weighted by Gasteiger charge is -2.24. The van der Waals surface area contributed by atoms with E-state index < -0.39 is 11.0 Å². The zero-order chi connectivity index (χ0) is 19.4. The number of rotatable bonds is 5. The average molecular weight is 367 g/mol. The molecule has 1 atom stereocenters. The lowest BCUT2D eigenvalue weighted by molar-refractivity contribution is -0.384. The van der Waals surface area contributed by atoms with Gasteiger partial charge in [-0.1, -0.05) is 6.07 Å². The minimum absolute atomic E-state index is 0.0315. The van der Waals surface area contributed by atoms with Gasteiger partial charge in [-0.15, -0.1) is 0 Å². The molecule has 0 bridgehead atoms. The Morgan fingerprint density at radius 1 is 1.37 bits per heavy atom. The van der Waals surface area contributed by atoms with Gasteiger partial charge in [-0.2, -0.15) is 5.26 Å². The first-order chi connectivity index (χ1) is 13.0. The zero-order valence-corrected chi connectivity index (χ0v) is 14.9. The van der Waals surface area contributed by atoms with Crippen LogP contribution in [0.3, 0.4) is 0 Å². The first kappa shape index (κ1) is 18.6. The van der Waals surface area contributed by atoms with Crippen molar-refractivity contribution in [2.45, 2.75) is 38.4 Å². The third-order valence-corrected chi connectivity index (χ3v) is 4.89. The number of hydrogen-bond acceptors (Lipinski definition) is 5. The summed E-state index contributed by atoms with van der Waals surface area (Å²) >= 11 is 0. The average Bonchev–Trinajstić information content (AvgIpc) is 3.02. The Labute approximate surface area is 156 Å². The second-order valence-electron chi connectivity index (χ2n) is 6.67. The number of nitro benzene ring substituents is 1. The van der Waals surface area contributed by atoms with Gasteiger partial charge in [0.1, 0.15) is 11.8 Å². The molecular formula is C19H21N5O3. The van der Waals surface area contributed by atoms with Crippen molar-refractivity contribution in [2.24, 2.45) is 5.73 Å². The fourth-order valence-corrected chi connectivity index (χ4v) is 3.40. The van der Waals surface area contributed by atoms with E-state index in [0.29, 0.717) is 31.7 Å². The highest BCUT2D eigenvalue weighted by atomic mass is 16.6. The van der Waals surface area contributed by atoms with Crippen molar-refractivity contribution in [3.63, 3.8) is 0 Å². The number of nitriles is 1. The van der Waals surface area contributed by atoms with Gasteiger partial charge in [-0.05, 0) is 42.5 Å². The molecule has 0 saturated carbocycles. The molecule has 2 heterocycles. The molecule has 1 aromatic carbocycles. The molecule has 1 aliphatic rings. The van der Waals surface area contributed by atoms with Crippen LogP contribution in [0.1, 0.15) is 29.7 Å². The Bertz CT molecular complexity index is 899. The molecule has 8 heteroatoms. The van der Waals surface area contributed by atoms with Gasteiger partial charge in [0, 0.05) is 38.0 Å². The van der Waals surface area contributed by atoms with Crippen LogP contribution in [0.15, 0.2) is 36.5 Å². The summed E-state index contributed by atoms with van der Waals surface area (Å²) in [5.41, 5.74) is 8.52. The maximum absolute atomic E-state index is 12.8. The molecule has 1 aliphatic heterocycles. The quantitative estimate of drug-likeness (QED) is 0.640. The molecule has 2 aromatic rings. The number of non-ortho nitro benzene ring substituents is 1. The molecule has 1 aromatic heterocycles. The van der Waals surface area contributed by atoms with E-state index in [1.807, 2.05) is 0 Å². The number of aryl methyl sites for hydroxylation is 2. The smallest absolute Gasteiger partial charge is 0.269 e. The zero-order valence-electron chi connectivity index (χ0n) is 14.9. The van der Waals surface area contributed by atoms with Crippen LogP contribution >= 0.6 is 0 Å². The maximum atomic E-state index is 12.8. The standard InChI is InChI=1S/C19H21N5O3/c20-12-17-4-2-8-22(17)10-7-18(21)19(25)23-9-1-3-14-5-6-16(24(26)27)11-15(14)13-23/h2,4-6,8,11,18H,1,3,7,9-10,13,21H2. The van der Waals surface area contributed by atoms with E-state index in [1.165, 1.54) is 6.07 Å². The van der Waals surface area contributed by atoms with Gasteiger partial charge >= 0.3 is 0 Å². The third kappa shape index (κ3) is 4.15. The molecule has 0 radical (unpaired) electrons.